The van der Waals surface area contributed by atoms with Crippen LogP contribution in [-0.4, -0.2) is 83.0 Å². The van der Waals surface area contributed by atoms with E-state index in [-0.39, 0.29) is 13.6 Å². The second-order valence-electron chi connectivity index (χ2n) is 21.1. The van der Waals surface area contributed by atoms with Gasteiger partial charge in [-0.3, -0.25) is 0 Å². The van der Waals surface area contributed by atoms with Crippen LogP contribution >= 0.6 is 0 Å². The highest BCUT2D eigenvalue weighted by Gasteiger charge is 2.48. The summed E-state index contributed by atoms with van der Waals surface area (Å²) in [7, 11) is -2.79. The first-order chi connectivity index (χ1) is 34.9. The van der Waals surface area contributed by atoms with Gasteiger partial charge in [-0.25, -0.2) is 0 Å². The summed E-state index contributed by atoms with van der Waals surface area (Å²) in [6.45, 7) is 17.2. The van der Waals surface area contributed by atoms with Crippen molar-refractivity contribution in [1.82, 2.24) is 9.80 Å². The maximum atomic E-state index is 10.9. The molecule has 4 atom stereocenters. The quantitative estimate of drug-likeness (QED) is 0.0228. The Morgan fingerprint density at radius 3 is 1.14 bits per heavy atom. The van der Waals surface area contributed by atoms with Crippen LogP contribution in [0.1, 0.15) is 33.4 Å². The second-order valence-corrected chi connectivity index (χ2v) is 32.3. The highest BCUT2D eigenvalue weighted by atomic mass is 28.3. The van der Waals surface area contributed by atoms with Gasteiger partial charge in [-0.2, -0.15) is 5.26 Å². The van der Waals surface area contributed by atoms with Gasteiger partial charge in [-0.15, -0.1) is 4.99 Å². The molecular weight excluding hydrogens is 929 g/mol. The van der Waals surface area contributed by atoms with E-state index in [2.05, 4.69) is 152 Å². The first-order valence-corrected chi connectivity index (χ1v) is 32.8. The minimum Gasteiger partial charge on any atom is -0.489 e. The monoisotopic (exact) mass is 1000 g/mol. The van der Waals surface area contributed by atoms with E-state index in [4.69, 9.17) is 33.4 Å². The Morgan fingerprint density at radius 1 is 0.458 bits per heavy atom. The molecule has 0 spiro atoms. The Hall–Kier alpha value is -6.05. The highest BCUT2D eigenvalue weighted by Crippen LogP contribution is 2.34. The molecule has 0 unspecified atom stereocenters. The van der Waals surface area contributed by atoms with Crippen LogP contribution in [0.3, 0.4) is 0 Å². The first-order valence-electron chi connectivity index (χ1n) is 25.4. The molecule has 10 nitrogen and oxygen atoms in total. The van der Waals surface area contributed by atoms with Crippen molar-refractivity contribution in [2.75, 3.05) is 26.8 Å². The molecule has 6 aromatic carbocycles. The van der Waals surface area contributed by atoms with Crippen molar-refractivity contribution >= 4 is 22.1 Å². The number of guanidine groups is 1. The predicted molar refractivity (Wildman–Crippen MR) is 294 cm³/mol. The van der Waals surface area contributed by atoms with Crippen molar-refractivity contribution in [3.8, 4) is 17.7 Å². The molecule has 0 aromatic heterocycles. The Bertz CT molecular complexity index is 2380. The number of rotatable bonds is 26. The molecule has 1 aliphatic heterocycles. The molecule has 12 heteroatoms. The van der Waals surface area contributed by atoms with Gasteiger partial charge >= 0.3 is 0 Å². The third-order valence-electron chi connectivity index (χ3n) is 12.9. The van der Waals surface area contributed by atoms with Crippen LogP contribution < -0.4 is 9.47 Å². The average molecular weight is 1000 g/mol. The van der Waals surface area contributed by atoms with Crippen molar-refractivity contribution in [3.05, 3.63) is 203 Å². The molecule has 1 heterocycles. The maximum Gasteiger partial charge on any atom is 0.213 e. The zero-order chi connectivity index (χ0) is 50.6. The lowest BCUT2D eigenvalue weighted by atomic mass is 9.90. The largest absolute Gasteiger partial charge is 0.489 e. The first kappa shape index (κ1) is 53.7. The fraction of sp³-hybridized carbons (Fsp3) is 0.367. The molecule has 378 valence electrons. The summed E-state index contributed by atoms with van der Waals surface area (Å²) < 4.78 is 39.7. The molecule has 0 amide bonds. The zero-order valence-electron chi connectivity index (χ0n) is 43.2. The molecule has 0 aliphatic carbocycles. The van der Waals surface area contributed by atoms with Crippen LogP contribution in [0.2, 0.25) is 51.4 Å². The summed E-state index contributed by atoms with van der Waals surface area (Å²) in [6, 6.07) is 59.1. The standard InChI is InChI=1S/C60H74N4O6Si2/c1-71(2,3)37-35-65-46-69-58-56(39-48-19-11-7-12-20-48)63(41-50-27-31-54(32-28-50)67-43-52-23-15-9-16-24-52)60(62-45-61)64(42-51-29-33-55(34-30-51)68-44-53-25-17-10-18-26-53)57(40-49-21-13-8-14-22-49)59(58)70-47-66-36-38-72(4,5)6/h7-34,56-59H,35-44,46-47H2,1-6H3/t56-,57-,58+,59+/m1/s1. The van der Waals surface area contributed by atoms with Crippen molar-refractivity contribution in [2.24, 2.45) is 4.99 Å². The number of nitriles is 1. The Morgan fingerprint density at radius 2 is 0.806 bits per heavy atom. The number of nitrogens with zero attached hydrogens (tertiary/aromatic N) is 4. The molecule has 1 fully saturated rings. The SMILES string of the molecule is C[Si](C)(C)CCOCO[C@@H]1[C@@H](OCOCC[Si](C)(C)C)[C@@H](Cc2ccccc2)N(Cc2ccc(OCc3ccccc3)cc2)C(=NC#N)N(Cc2ccc(OCc3ccccc3)cc2)[C@@H]1Cc1ccccc1. The number of hydrogen-bond acceptors (Lipinski definition) is 8. The van der Waals surface area contributed by atoms with Crippen molar-refractivity contribution in [1.29, 1.82) is 5.26 Å². The van der Waals surface area contributed by atoms with Crippen LogP contribution in [-0.2, 0) is 58.1 Å². The van der Waals surface area contributed by atoms with E-state index in [0.717, 1.165) is 57.0 Å². The van der Waals surface area contributed by atoms with Gasteiger partial charge in [0.15, 0.2) is 0 Å². The minimum atomic E-state index is -1.39. The van der Waals surface area contributed by atoms with E-state index < -0.39 is 40.4 Å². The lowest BCUT2D eigenvalue weighted by molar-refractivity contribution is -0.188. The summed E-state index contributed by atoms with van der Waals surface area (Å²) in [5.41, 5.74) is 6.46. The Labute approximate surface area is 431 Å². The van der Waals surface area contributed by atoms with Gasteiger partial charge in [0.2, 0.25) is 12.2 Å². The van der Waals surface area contributed by atoms with Gasteiger partial charge in [-0.1, -0.05) is 185 Å². The third kappa shape index (κ3) is 17.3. The Kier molecular flexibility index (Phi) is 20.3. The van der Waals surface area contributed by atoms with Gasteiger partial charge in [0.25, 0.3) is 0 Å². The van der Waals surface area contributed by atoms with Gasteiger partial charge in [0.05, 0.1) is 12.1 Å². The van der Waals surface area contributed by atoms with Crippen molar-refractivity contribution < 1.29 is 28.4 Å². The van der Waals surface area contributed by atoms with Gasteiger partial charge in [-0.05, 0) is 82.6 Å². The Balaban J connectivity index is 1.33. The topological polar surface area (TPSA) is 98.0 Å². The van der Waals surface area contributed by atoms with Crippen LogP contribution in [0.25, 0.3) is 0 Å². The number of hydrogen-bond donors (Lipinski definition) is 0. The molecule has 72 heavy (non-hydrogen) atoms. The molecule has 7 rings (SSSR count). The summed E-state index contributed by atoms with van der Waals surface area (Å²) >= 11 is 0. The van der Waals surface area contributed by atoms with Gasteiger partial charge in [0.1, 0.15) is 50.5 Å². The van der Waals surface area contributed by atoms with Crippen LogP contribution in [0, 0.1) is 11.5 Å². The van der Waals surface area contributed by atoms with E-state index >= 15 is 0 Å². The van der Waals surface area contributed by atoms with E-state index in [1.165, 1.54) is 0 Å². The normalized spacial score (nSPS) is 17.3. The zero-order valence-corrected chi connectivity index (χ0v) is 45.2. The van der Waals surface area contributed by atoms with Gasteiger partial charge in [0, 0.05) is 42.5 Å². The van der Waals surface area contributed by atoms with E-state index in [1.807, 2.05) is 72.8 Å². The molecule has 6 aromatic rings. The molecule has 0 radical (unpaired) electrons. The minimum absolute atomic E-state index is 0.0747. The molecule has 0 saturated carbocycles. The summed E-state index contributed by atoms with van der Waals surface area (Å²) in [5, 5.41) is 10.9. The number of ether oxygens (including phenoxy) is 6. The fourth-order valence-corrected chi connectivity index (χ4v) is 10.3. The third-order valence-corrected chi connectivity index (χ3v) is 16.3. The smallest absolute Gasteiger partial charge is 0.213 e. The molecule has 0 N–H and O–H groups in total. The maximum absolute atomic E-state index is 10.9. The predicted octanol–water partition coefficient (Wildman–Crippen LogP) is 12.6. The van der Waals surface area contributed by atoms with Gasteiger partial charge < -0.3 is 38.2 Å². The average Bonchev–Trinajstić information content (AvgIpc) is 3.45. The molecular formula is C60H74N4O6Si2. The molecule has 1 aliphatic rings. The summed E-state index contributed by atoms with van der Waals surface area (Å²) in [5.74, 6) is 2.07. The molecule has 1 saturated heterocycles. The van der Waals surface area contributed by atoms with Crippen molar-refractivity contribution in [2.45, 2.75) is 115 Å². The summed E-state index contributed by atoms with van der Waals surface area (Å²) in [6.07, 6.45) is 2.24. The molecule has 0 bridgehead atoms. The summed E-state index contributed by atoms with van der Waals surface area (Å²) in [4.78, 5) is 9.39. The van der Waals surface area contributed by atoms with Crippen LogP contribution in [0.15, 0.2) is 175 Å². The second kappa shape index (κ2) is 27.1. The fourth-order valence-electron chi connectivity index (χ4n) is 8.76. The lowest BCUT2D eigenvalue weighted by Crippen LogP contribution is -2.53. The van der Waals surface area contributed by atoms with Crippen molar-refractivity contribution in [3.63, 3.8) is 0 Å². The highest BCUT2D eigenvalue weighted by molar-refractivity contribution is 6.76. The number of benzene rings is 6. The van der Waals surface area contributed by atoms with E-state index in [0.29, 0.717) is 58.3 Å². The van der Waals surface area contributed by atoms with Crippen LogP contribution in [0.5, 0.6) is 11.5 Å². The van der Waals surface area contributed by atoms with E-state index in [9.17, 15) is 5.26 Å². The van der Waals surface area contributed by atoms with Crippen LogP contribution in [0.4, 0.5) is 0 Å². The lowest BCUT2D eigenvalue weighted by Gasteiger charge is -2.39. The van der Waals surface area contributed by atoms with E-state index in [1.54, 1.807) is 0 Å². The number of aliphatic imine (C=N–C) groups is 1.